The van der Waals surface area contributed by atoms with Gasteiger partial charge in [0.15, 0.2) is 5.69 Å². The van der Waals surface area contributed by atoms with Crippen LogP contribution in [0.25, 0.3) is 0 Å². The maximum atomic E-state index is 13.5. The number of anilines is 3. The first-order valence-corrected chi connectivity index (χ1v) is 11.4. The van der Waals surface area contributed by atoms with Gasteiger partial charge in [-0.3, -0.25) is 19.1 Å². The number of aromatic nitrogens is 2. The standard InChI is InChI=1S/C24H35N5O3/c1-15(2)12-28(21-22(25)29(13-16(3)4)24(32)26-23(21)31)20(30)14-27-10-6-7-18-11-17(5)8-9-19(18)27/h8-9,11,15-16H,6-7,10,12-14,25H2,1-5H3,(H,26,31,32). The van der Waals surface area contributed by atoms with Crippen LogP contribution in [0.15, 0.2) is 27.8 Å². The second-order valence-electron chi connectivity index (χ2n) is 9.55. The minimum Gasteiger partial charge on any atom is -0.383 e. The van der Waals surface area contributed by atoms with Crippen LogP contribution in [0.5, 0.6) is 0 Å². The van der Waals surface area contributed by atoms with E-state index in [4.69, 9.17) is 5.73 Å². The lowest BCUT2D eigenvalue weighted by atomic mass is 9.99. The first-order chi connectivity index (χ1) is 15.1. The number of carbonyl (C=O) groups excluding carboxylic acids is 1. The number of nitrogens with two attached hydrogens (primary N) is 1. The highest BCUT2D eigenvalue weighted by molar-refractivity contribution is 5.98. The molecule has 8 nitrogen and oxygen atoms in total. The van der Waals surface area contributed by atoms with Crippen LogP contribution in [0.1, 0.15) is 45.2 Å². The van der Waals surface area contributed by atoms with Gasteiger partial charge in [0.1, 0.15) is 5.82 Å². The smallest absolute Gasteiger partial charge is 0.330 e. The molecule has 1 aliphatic rings. The van der Waals surface area contributed by atoms with E-state index in [1.54, 1.807) is 0 Å². The number of rotatable bonds is 7. The summed E-state index contributed by atoms with van der Waals surface area (Å²) in [7, 11) is 0. The normalized spacial score (nSPS) is 13.5. The van der Waals surface area contributed by atoms with Crippen molar-refractivity contribution in [3.05, 3.63) is 50.2 Å². The molecule has 0 saturated heterocycles. The molecule has 174 valence electrons. The summed E-state index contributed by atoms with van der Waals surface area (Å²) in [6.45, 7) is 11.6. The zero-order valence-corrected chi connectivity index (χ0v) is 19.8. The molecule has 1 aromatic heterocycles. The van der Waals surface area contributed by atoms with Crippen molar-refractivity contribution >= 4 is 23.1 Å². The molecule has 0 aliphatic carbocycles. The number of nitrogens with zero attached hydrogens (tertiary/aromatic N) is 3. The summed E-state index contributed by atoms with van der Waals surface area (Å²) in [5.74, 6) is 0.0889. The molecule has 2 aromatic rings. The van der Waals surface area contributed by atoms with E-state index in [-0.39, 0.29) is 35.8 Å². The Kier molecular flexibility index (Phi) is 7.11. The quantitative estimate of drug-likeness (QED) is 0.687. The number of nitrogen functional groups attached to an aromatic ring is 1. The number of aromatic amines is 1. The van der Waals surface area contributed by atoms with Crippen LogP contribution in [0.4, 0.5) is 17.2 Å². The lowest BCUT2D eigenvalue weighted by Crippen LogP contribution is -2.47. The number of hydrogen-bond donors (Lipinski definition) is 2. The van der Waals surface area contributed by atoms with E-state index >= 15 is 0 Å². The van der Waals surface area contributed by atoms with Crippen molar-refractivity contribution in [2.45, 2.75) is 54.0 Å². The Labute approximate surface area is 189 Å². The van der Waals surface area contributed by atoms with E-state index in [2.05, 4.69) is 35.0 Å². The predicted octanol–water partition coefficient (Wildman–Crippen LogP) is 2.53. The fourth-order valence-corrected chi connectivity index (χ4v) is 4.28. The van der Waals surface area contributed by atoms with Crippen LogP contribution in [0.2, 0.25) is 0 Å². The number of H-pyrrole nitrogens is 1. The van der Waals surface area contributed by atoms with Crippen LogP contribution < -0.4 is 26.8 Å². The number of aryl methyl sites for hydroxylation is 2. The highest BCUT2D eigenvalue weighted by atomic mass is 16.2. The second-order valence-corrected chi connectivity index (χ2v) is 9.55. The Morgan fingerprint density at radius 1 is 1.19 bits per heavy atom. The summed E-state index contributed by atoms with van der Waals surface area (Å²) in [5, 5.41) is 0. The number of amides is 1. The Balaban J connectivity index is 1.99. The summed E-state index contributed by atoms with van der Waals surface area (Å²) >= 11 is 0. The maximum absolute atomic E-state index is 13.5. The SMILES string of the molecule is Cc1ccc2c(c1)CCCN2CC(=O)N(CC(C)C)c1c(N)n(CC(C)C)c(=O)[nH]c1=O. The molecule has 3 rings (SSSR count). The molecule has 0 atom stereocenters. The Bertz CT molecular complexity index is 1100. The van der Waals surface area contributed by atoms with Gasteiger partial charge in [-0.05, 0) is 43.2 Å². The lowest BCUT2D eigenvalue weighted by molar-refractivity contribution is -0.117. The lowest BCUT2D eigenvalue weighted by Gasteiger charge is -2.34. The highest BCUT2D eigenvalue weighted by Crippen LogP contribution is 2.28. The average molecular weight is 442 g/mol. The Hall–Kier alpha value is -3.03. The van der Waals surface area contributed by atoms with Gasteiger partial charge in [0.05, 0.1) is 6.54 Å². The number of fused-ring (bicyclic) bond motifs is 1. The molecule has 0 fully saturated rings. The van der Waals surface area contributed by atoms with Gasteiger partial charge in [0.25, 0.3) is 5.56 Å². The molecular formula is C24H35N5O3. The molecule has 0 bridgehead atoms. The monoisotopic (exact) mass is 441 g/mol. The third kappa shape index (κ3) is 5.06. The Morgan fingerprint density at radius 2 is 1.91 bits per heavy atom. The van der Waals surface area contributed by atoms with E-state index in [9.17, 15) is 14.4 Å². The fraction of sp³-hybridized carbons (Fsp3) is 0.542. The summed E-state index contributed by atoms with van der Waals surface area (Å²) in [4.78, 5) is 44.6. The maximum Gasteiger partial charge on any atom is 0.330 e. The molecule has 2 heterocycles. The molecule has 0 spiro atoms. The summed E-state index contributed by atoms with van der Waals surface area (Å²) in [6, 6.07) is 6.29. The largest absolute Gasteiger partial charge is 0.383 e. The van der Waals surface area contributed by atoms with Gasteiger partial charge in [-0.1, -0.05) is 45.4 Å². The molecule has 1 aliphatic heterocycles. The summed E-state index contributed by atoms with van der Waals surface area (Å²) < 4.78 is 1.35. The van der Waals surface area contributed by atoms with Gasteiger partial charge in [-0.2, -0.15) is 0 Å². The summed E-state index contributed by atoms with van der Waals surface area (Å²) in [6.07, 6.45) is 1.96. The number of hydrogen-bond acceptors (Lipinski definition) is 5. The average Bonchev–Trinajstić information content (AvgIpc) is 2.69. The number of benzene rings is 1. The van der Waals surface area contributed by atoms with Crippen LogP contribution in [0.3, 0.4) is 0 Å². The zero-order chi connectivity index (χ0) is 23.6. The third-order valence-corrected chi connectivity index (χ3v) is 5.66. The molecule has 0 saturated carbocycles. The Morgan fingerprint density at radius 3 is 2.56 bits per heavy atom. The van der Waals surface area contributed by atoms with Crippen LogP contribution >= 0.6 is 0 Å². The van der Waals surface area contributed by atoms with Crippen LogP contribution in [-0.2, 0) is 17.8 Å². The van der Waals surface area contributed by atoms with E-state index < -0.39 is 11.2 Å². The van der Waals surface area contributed by atoms with Crippen LogP contribution in [-0.4, -0.2) is 35.1 Å². The van der Waals surface area contributed by atoms with E-state index in [1.807, 2.05) is 27.7 Å². The molecule has 0 unspecified atom stereocenters. The molecule has 1 aromatic carbocycles. The van der Waals surface area contributed by atoms with Crippen molar-refractivity contribution in [3.8, 4) is 0 Å². The molecule has 3 N–H and O–H groups in total. The molecule has 1 amide bonds. The van der Waals surface area contributed by atoms with Crippen molar-refractivity contribution in [1.29, 1.82) is 0 Å². The van der Waals surface area contributed by atoms with E-state index in [0.717, 1.165) is 25.1 Å². The van der Waals surface area contributed by atoms with Crippen molar-refractivity contribution in [2.75, 3.05) is 35.2 Å². The van der Waals surface area contributed by atoms with Gasteiger partial charge in [-0.15, -0.1) is 0 Å². The van der Waals surface area contributed by atoms with Gasteiger partial charge in [0, 0.05) is 25.3 Å². The van der Waals surface area contributed by atoms with E-state index in [0.29, 0.717) is 13.1 Å². The van der Waals surface area contributed by atoms with Gasteiger partial charge in [-0.25, -0.2) is 4.79 Å². The second kappa shape index (κ2) is 9.63. The number of nitrogens with one attached hydrogen (secondary N) is 1. The molecule has 0 radical (unpaired) electrons. The van der Waals surface area contributed by atoms with Crippen molar-refractivity contribution in [2.24, 2.45) is 11.8 Å². The van der Waals surface area contributed by atoms with Gasteiger partial charge in [0.2, 0.25) is 5.91 Å². The van der Waals surface area contributed by atoms with Crippen molar-refractivity contribution in [1.82, 2.24) is 9.55 Å². The number of carbonyl (C=O) groups is 1. The first-order valence-electron chi connectivity index (χ1n) is 11.4. The van der Waals surface area contributed by atoms with Crippen molar-refractivity contribution < 1.29 is 4.79 Å². The first kappa shape index (κ1) is 23.6. The van der Waals surface area contributed by atoms with Crippen molar-refractivity contribution in [3.63, 3.8) is 0 Å². The predicted molar refractivity (Wildman–Crippen MR) is 129 cm³/mol. The third-order valence-electron chi connectivity index (χ3n) is 5.66. The van der Waals surface area contributed by atoms with Gasteiger partial charge < -0.3 is 15.5 Å². The minimum atomic E-state index is -0.629. The topological polar surface area (TPSA) is 104 Å². The fourth-order valence-electron chi connectivity index (χ4n) is 4.28. The van der Waals surface area contributed by atoms with Crippen LogP contribution in [0, 0.1) is 18.8 Å². The molecule has 8 heteroatoms. The molecule has 32 heavy (non-hydrogen) atoms. The van der Waals surface area contributed by atoms with E-state index in [1.165, 1.54) is 20.6 Å². The highest BCUT2D eigenvalue weighted by Gasteiger charge is 2.28. The zero-order valence-electron chi connectivity index (χ0n) is 19.8. The molecular weight excluding hydrogens is 406 g/mol. The minimum absolute atomic E-state index is 0.0381. The summed E-state index contributed by atoms with van der Waals surface area (Å²) in [5.41, 5.74) is 8.69. The van der Waals surface area contributed by atoms with Gasteiger partial charge >= 0.3 is 5.69 Å².